The molecule has 0 fully saturated rings. The van der Waals surface area contributed by atoms with E-state index < -0.39 is 4.92 Å². The van der Waals surface area contributed by atoms with Gasteiger partial charge in [0.1, 0.15) is 11.6 Å². The maximum Gasteiger partial charge on any atom is 0.276 e. The van der Waals surface area contributed by atoms with Gasteiger partial charge in [-0.15, -0.1) is 0 Å². The normalized spacial score (nSPS) is 11.9. The summed E-state index contributed by atoms with van der Waals surface area (Å²) in [5.41, 5.74) is -0.0420. The third kappa shape index (κ3) is 3.56. The highest BCUT2D eigenvalue weighted by molar-refractivity contribution is 5.54. The van der Waals surface area contributed by atoms with Crippen molar-refractivity contribution in [3.05, 3.63) is 22.2 Å². The number of aliphatic hydroxyl groups excluding tert-OH is 1. The first-order valence-electron chi connectivity index (χ1n) is 5.32. The lowest BCUT2D eigenvalue weighted by molar-refractivity contribution is -0.384. The van der Waals surface area contributed by atoms with Crippen LogP contribution in [0.15, 0.2) is 12.1 Å². The zero-order chi connectivity index (χ0) is 12.8. The Morgan fingerprint density at radius 2 is 2.18 bits per heavy atom. The maximum absolute atomic E-state index is 10.7. The Hall–Kier alpha value is -1.89. The lowest BCUT2D eigenvalue weighted by atomic mass is 10.2. The SMILES string of the molecule is CCC(CO)Nc1cc([N+](=O)[O-])cc(NC)n1. The molecule has 0 aromatic carbocycles. The van der Waals surface area contributed by atoms with Gasteiger partial charge < -0.3 is 15.7 Å². The van der Waals surface area contributed by atoms with E-state index in [1.54, 1.807) is 7.05 Å². The number of aromatic nitrogens is 1. The third-order valence-electron chi connectivity index (χ3n) is 2.34. The number of anilines is 2. The van der Waals surface area contributed by atoms with Crippen molar-refractivity contribution in [2.45, 2.75) is 19.4 Å². The van der Waals surface area contributed by atoms with Gasteiger partial charge in [-0.2, -0.15) is 0 Å². The summed E-state index contributed by atoms with van der Waals surface area (Å²) in [6.45, 7) is 1.86. The summed E-state index contributed by atoms with van der Waals surface area (Å²) in [6.07, 6.45) is 0.704. The molecule has 3 N–H and O–H groups in total. The Bertz CT molecular complexity index is 393. The molecule has 1 aromatic heterocycles. The molecule has 0 saturated heterocycles. The summed E-state index contributed by atoms with van der Waals surface area (Å²) >= 11 is 0. The molecule has 0 aliphatic heterocycles. The molecule has 0 amide bonds. The minimum atomic E-state index is -0.479. The van der Waals surface area contributed by atoms with Crippen molar-refractivity contribution < 1.29 is 10.0 Å². The Labute approximate surface area is 99.0 Å². The van der Waals surface area contributed by atoms with Crippen molar-refractivity contribution in [3.8, 4) is 0 Å². The number of nitrogens with zero attached hydrogens (tertiary/aromatic N) is 2. The highest BCUT2D eigenvalue weighted by Gasteiger charge is 2.12. The largest absolute Gasteiger partial charge is 0.394 e. The summed E-state index contributed by atoms with van der Waals surface area (Å²) in [6, 6.07) is 2.54. The molecular weight excluding hydrogens is 224 g/mol. The fourth-order valence-electron chi connectivity index (χ4n) is 1.31. The van der Waals surface area contributed by atoms with Gasteiger partial charge in [0, 0.05) is 7.05 Å². The van der Waals surface area contributed by atoms with Crippen molar-refractivity contribution in [1.82, 2.24) is 4.98 Å². The summed E-state index contributed by atoms with van der Waals surface area (Å²) in [4.78, 5) is 14.4. The standard InChI is InChI=1S/C10H16N4O3/c1-3-7(6-15)12-10-5-8(14(16)17)4-9(11-2)13-10/h4-5,7,15H,3,6H2,1-2H3,(H2,11,12,13). The van der Waals surface area contributed by atoms with Crippen LogP contribution in [0.3, 0.4) is 0 Å². The van der Waals surface area contributed by atoms with Crippen molar-refractivity contribution in [1.29, 1.82) is 0 Å². The number of aliphatic hydroxyl groups is 1. The Morgan fingerprint density at radius 1 is 1.53 bits per heavy atom. The summed E-state index contributed by atoms with van der Waals surface area (Å²) < 4.78 is 0. The number of nitrogens with one attached hydrogen (secondary N) is 2. The topological polar surface area (TPSA) is 100 Å². The second kappa shape index (κ2) is 6.00. The average molecular weight is 240 g/mol. The first-order valence-corrected chi connectivity index (χ1v) is 5.32. The van der Waals surface area contributed by atoms with Crippen LogP contribution in [0, 0.1) is 10.1 Å². The molecule has 7 heteroatoms. The van der Waals surface area contributed by atoms with Gasteiger partial charge in [-0.1, -0.05) is 6.92 Å². The molecule has 7 nitrogen and oxygen atoms in total. The maximum atomic E-state index is 10.7. The molecule has 0 aliphatic carbocycles. The van der Waals surface area contributed by atoms with Gasteiger partial charge in [-0.3, -0.25) is 10.1 Å². The lowest BCUT2D eigenvalue weighted by Crippen LogP contribution is -2.23. The van der Waals surface area contributed by atoms with Crippen LogP contribution in [-0.4, -0.2) is 34.7 Å². The number of nitro groups is 1. The highest BCUT2D eigenvalue weighted by Crippen LogP contribution is 2.20. The molecule has 1 atom stereocenters. The van der Waals surface area contributed by atoms with Crippen molar-refractivity contribution in [3.63, 3.8) is 0 Å². The fourth-order valence-corrected chi connectivity index (χ4v) is 1.31. The van der Waals surface area contributed by atoms with Gasteiger partial charge in [0.25, 0.3) is 5.69 Å². The minimum absolute atomic E-state index is 0.0420. The lowest BCUT2D eigenvalue weighted by Gasteiger charge is -2.15. The zero-order valence-corrected chi connectivity index (χ0v) is 9.80. The van der Waals surface area contributed by atoms with Crippen molar-refractivity contribution in [2.24, 2.45) is 0 Å². The van der Waals surface area contributed by atoms with Gasteiger partial charge >= 0.3 is 0 Å². The van der Waals surface area contributed by atoms with Crippen LogP contribution in [-0.2, 0) is 0 Å². The molecule has 17 heavy (non-hydrogen) atoms. The van der Waals surface area contributed by atoms with E-state index in [-0.39, 0.29) is 18.3 Å². The highest BCUT2D eigenvalue weighted by atomic mass is 16.6. The average Bonchev–Trinajstić information content (AvgIpc) is 2.35. The Balaban J connectivity index is 2.98. The van der Waals surface area contributed by atoms with E-state index in [4.69, 9.17) is 5.11 Å². The molecule has 1 unspecified atom stereocenters. The molecule has 0 aliphatic rings. The molecule has 0 bridgehead atoms. The van der Waals surface area contributed by atoms with Crippen LogP contribution in [0.2, 0.25) is 0 Å². The number of hydrogen-bond acceptors (Lipinski definition) is 6. The van der Waals surface area contributed by atoms with Crippen LogP contribution in [0.25, 0.3) is 0 Å². The first-order chi connectivity index (χ1) is 8.10. The van der Waals surface area contributed by atoms with E-state index in [0.717, 1.165) is 0 Å². The van der Waals surface area contributed by atoms with Crippen LogP contribution in [0.1, 0.15) is 13.3 Å². The van der Waals surface area contributed by atoms with E-state index in [9.17, 15) is 10.1 Å². The van der Waals surface area contributed by atoms with Crippen LogP contribution in [0.4, 0.5) is 17.3 Å². The molecule has 0 radical (unpaired) electrons. The van der Waals surface area contributed by atoms with E-state index >= 15 is 0 Å². The van der Waals surface area contributed by atoms with Gasteiger partial charge in [0.15, 0.2) is 0 Å². The second-order valence-corrected chi connectivity index (χ2v) is 3.54. The van der Waals surface area contributed by atoms with Gasteiger partial charge in [0.05, 0.1) is 29.7 Å². The minimum Gasteiger partial charge on any atom is -0.394 e. The quantitative estimate of drug-likeness (QED) is 0.510. The number of hydrogen-bond donors (Lipinski definition) is 3. The Morgan fingerprint density at radius 3 is 2.65 bits per heavy atom. The van der Waals surface area contributed by atoms with Gasteiger partial charge in [0.2, 0.25) is 0 Å². The molecule has 1 rings (SSSR count). The van der Waals surface area contributed by atoms with Gasteiger partial charge in [-0.05, 0) is 6.42 Å². The number of rotatable bonds is 6. The summed E-state index contributed by atoms with van der Waals surface area (Å²) in [5, 5.41) is 25.5. The summed E-state index contributed by atoms with van der Waals surface area (Å²) in [7, 11) is 1.64. The predicted molar refractivity (Wildman–Crippen MR) is 65.2 cm³/mol. The first kappa shape index (κ1) is 13.2. The third-order valence-corrected chi connectivity index (χ3v) is 2.34. The second-order valence-electron chi connectivity index (χ2n) is 3.54. The number of pyridine rings is 1. The fraction of sp³-hybridized carbons (Fsp3) is 0.500. The summed E-state index contributed by atoms with van der Waals surface area (Å²) in [5.74, 6) is 0.791. The van der Waals surface area contributed by atoms with Crippen LogP contribution < -0.4 is 10.6 Å². The van der Waals surface area contributed by atoms with E-state index in [1.165, 1.54) is 12.1 Å². The van der Waals surface area contributed by atoms with Gasteiger partial charge in [-0.25, -0.2) is 4.98 Å². The van der Waals surface area contributed by atoms with E-state index in [0.29, 0.717) is 18.1 Å². The molecule has 1 heterocycles. The molecular formula is C10H16N4O3. The zero-order valence-electron chi connectivity index (χ0n) is 9.80. The molecule has 1 aromatic rings. The smallest absolute Gasteiger partial charge is 0.276 e. The van der Waals surface area contributed by atoms with Crippen LogP contribution in [0.5, 0.6) is 0 Å². The molecule has 0 spiro atoms. The van der Waals surface area contributed by atoms with Crippen molar-refractivity contribution >= 4 is 17.3 Å². The molecule has 0 saturated carbocycles. The molecule has 94 valence electrons. The Kier molecular flexibility index (Phi) is 4.65. The van der Waals surface area contributed by atoms with E-state index in [1.807, 2.05) is 6.92 Å². The monoisotopic (exact) mass is 240 g/mol. The van der Waals surface area contributed by atoms with Crippen molar-refractivity contribution in [2.75, 3.05) is 24.3 Å². The van der Waals surface area contributed by atoms with Crippen LogP contribution >= 0.6 is 0 Å². The predicted octanol–water partition coefficient (Wildman–Crippen LogP) is 1.21. The van der Waals surface area contributed by atoms with E-state index in [2.05, 4.69) is 15.6 Å².